The summed E-state index contributed by atoms with van der Waals surface area (Å²) in [6.45, 7) is 2.15. The number of hydrogen-bond donors (Lipinski definition) is 2. The molecule has 7 heteroatoms. The molecule has 1 aromatic heterocycles. The Balaban J connectivity index is 2.05. The highest BCUT2D eigenvalue weighted by Crippen LogP contribution is 2.32. The van der Waals surface area contributed by atoms with E-state index in [1.165, 1.54) is 17.2 Å². The van der Waals surface area contributed by atoms with Crippen molar-refractivity contribution in [2.45, 2.75) is 32.2 Å². The molecule has 0 spiro atoms. The van der Waals surface area contributed by atoms with E-state index in [1.54, 1.807) is 6.92 Å². The van der Waals surface area contributed by atoms with Gasteiger partial charge in [0.25, 0.3) is 0 Å². The van der Waals surface area contributed by atoms with Gasteiger partial charge in [0.05, 0.1) is 18.3 Å². The first kappa shape index (κ1) is 15.9. The Labute approximate surface area is 128 Å². The molecule has 2 rings (SSSR count). The molecular formula is C15H18FN5O. The number of carbonyl (C=O) groups is 1. The van der Waals surface area contributed by atoms with Gasteiger partial charge in [-0.1, -0.05) is 0 Å². The number of likely N-dealkylation sites (tertiary alicyclic amines) is 1. The molecule has 0 radical (unpaired) electrons. The first-order chi connectivity index (χ1) is 10.5. The fourth-order valence-electron chi connectivity index (χ4n) is 2.45. The molecule has 0 aliphatic carbocycles. The Hall–Kier alpha value is -2.49. The summed E-state index contributed by atoms with van der Waals surface area (Å²) in [5, 5.41) is 19.4. The van der Waals surface area contributed by atoms with E-state index in [0.717, 1.165) is 6.20 Å². The third-order valence-corrected chi connectivity index (χ3v) is 3.66. The summed E-state index contributed by atoms with van der Waals surface area (Å²) in [7, 11) is 0. The molecule has 1 aliphatic rings. The topological polar surface area (TPSA) is 92.9 Å². The van der Waals surface area contributed by atoms with Gasteiger partial charge in [0.15, 0.2) is 0 Å². The van der Waals surface area contributed by atoms with Gasteiger partial charge in [-0.05, 0) is 31.4 Å². The van der Waals surface area contributed by atoms with Crippen molar-refractivity contribution in [1.82, 2.24) is 15.2 Å². The van der Waals surface area contributed by atoms with Crippen LogP contribution in [0.5, 0.6) is 0 Å². The summed E-state index contributed by atoms with van der Waals surface area (Å²) in [5.74, 6) is -0.388. The predicted octanol–water partition coefficient (Wildman–Crippen LogP) is 2.59. The minimum absolute atomic E-state index is 0.137. The number of aromatic nitrogens is 1. The molecule has 1 saturated heterocycles. The Morgan fingerprint density at radius 2 is 2.45 bits per heavy atom. The van der Waals surface area contributed by atoms with Gasteiger partial charge in [0, 0.05) is 25.1 Å². The summed E-state index contributed by atoms with van der Waals surface area (Å²) in [6.07, 6.45) is 4.21. The molecule has 2 unspecified atom stereocenters. The van der Waals surface area contributed by atoms with Gasteiger partial charge in [-0.3, -0.25) is 15.3 Å². The third-order valence-electron chi connectivity index (χ3n) is 3.66. The standard InChI is InChI=1S/C15H18FN5O/c1-10(7-17)4-5-20-15(22)21-13(2-3-14(21)18)11-6-12(16)9-19-8-11/h6,8-10,13,18H,2-5H2,1H3,(H,20,22). The van der Waals surface area contributed by atoms with Crippen LogP contribution in [-0.2, 0) is 0 Å². The molecule has 2 heterocycles. The van der Waals surface area contributed by atoms with Crippen LogP contribution in [0.15, 0.2) is 18.5 Å². The molecule has 116 valence electrons. The third kappa shape index (κ3) is 3.58. The zero-order valence-corrected chi connectivity index (χ0v) is 12.3. The van der Waals surface area contributed by atoms with E-state index >= 15 is 0 Å². The summed E-state index contributed by atoms with van der Waals surface area (Å²) in [5.41, 5.74) is 0.586. The number of pyridine rings is 1. The maximum atomic E-state index is 13.3. The van der Waals surface area contributed by atoms with Crippen molar-refractivity contribution in [3.63, 3.8) is 0 Å². The number of halogens is 1. The van der Waals surface area contributed by atoms with Crippen LogP contribution in [0.2, 0.25) is 0 Å². The van der Waals surface area contributed by atoms with E-state index in [2.05, 4.69) is 16.4 Å². The lowest BCUT2D eigenvalue weighted by Crippen LogP contribution is -2.42. The fourth-order valence-corrected chi connectivity index (χ4v) is 2.45. The van der Waals surface area contributed by atoms with Crippen molar-refractivity contribution in [3.8, 4) is 6.07 Å². The van der Waals surface area contributed by atoms with Gasteiger partial charge in [-0.25, -0.2) is 9.18 Å². The van der Waals surface area contributed by atoms with Crippen LogP contribution >= 0.6 is 0 Å². The molecule has 0 aromatic carbocycles. The van der Waals surface area contributed by atoms with Gasteiger partial charge in [0.2, 0.25) is 0 Å². The Bertz CT molecular complexity index is 612. The highest BCUT2D eigenvalue weighted by Gasteiger charge is 2.34. The number of nitrogens with one attached hydrogen (secondary N) is 2. The predicted molar refractivity (Wildman–Crippen MR) is 78.5 cm³/mol. The van der Waals surface area contributed by atoms with Crippen LogP contribution in [-0.4, -0.2) is 28.3 Å². The highest BCUT2D eigenvalue weighted by atomic mass is 19.1. The van der Waals surface area contributed by atoms with Crippen LogP contribution in [0.3, 0.4) is 0 Å². The molecule has 2 N–H and O–H groups in total. The number of amidine groups is 1. The van der Waals surface area contributed by atoms with Crippen LogP contribution in [0.4, 0.5) is 9.18 Å². The largest absolute Gasteiger partial charge is 0.338 e. The van der Waals surface area contributed by atoms with Crippen LogP contribution < -0.4 is 5.32 Å². The number of nitrogens with zero attached hydrogens (tertiary/aromatic N) is 3. The zero-order chi connectivity index (χ0) is 16.1. The van der Waals surface area contributed by atoms with Crippen molar-refractivity contribution in [1.29, 1.82) is 10.7 Å². The average molecular weight is 303 g/mol. The van der Waals surface area contributed by atoms with E-state index in [9.17, 15) is 9.18 Å². The zero-order valence-electron chi connectivity index (χ0n) is 12.3. The number of amides is 2. The van der Waals surface area contributed by atoms with Gasteiger partial charge < -0.3 is 5.32 Å². The van der Waals surface area contributed by atoms with Gasteiger partial charge >= 0.3 is 6.03 Å². The van der Waals surface area contributed by atoms with E-state index in [1.807, 2.05) is 0 Å². The molecule has 22 heavy (non-hydrogen) atoms. The van der Waals surface area contributed by atoms with Gasteiger partial charge in [-0.15, -0.1) is 0 Å². The lowest BCUT2D eigenvalue weighted by molar-refractivity contribution is 0.211. The maximum absolute atomic E-state index is 13.3. The number of hydrogen-bond acceptors (Lipinski definition) is 4. The molecule has 6 nitrogen and oxygen atoms in total. The Kier molecular flexibility index (Phi) is 5.04. The second-order valence-electron chi connectivity index (χ2n) is 5.36. The number of nitriles is 1. The number of carbonyl (C=O) groups excluding carboxylic acids is 1. The minimum Gasteiger partial charge on any atom is -0.338 e. The monoisotopic (exact) mass is 303 g/mol. The van der Waals surface area contributed by atoms with E-state index in [0.29, 0.717) is 31.4 Å². The minimum atomic E-state index is -0.459. The van der Waals surface area contributed by atoms with Crippen molar-refractivity contribution in [2.24, 2.45) is 5.92 Å². The lowest BCUT2D eigenvalue weighted by atomic mass is 10.1. The Morgan fingerprint density at radius 3 is 3.14 bits per heavy atom. The molecule has 2 amide bonds. The van der Waals surface area contributed by atoms with Crippen LogP contribution in [0, 0.1) is 28.5 Å². The highest BCUT2D eigenvalue weighted by molar-refractivity contribution is 5.98. The van der Waals surface area contributed by atoms with Crippen molar-refractivity contribution < 1.29 is 9.18 Å². The average Bonchev–Trinajstić information content (AvgIpc) is 2.88. The van der Waals surface area contributed by atoms with E-state index < -0.39 is 5.82 Å². The molecule has 1 fully saturated rings. The molecule has 0 bridgehead atoms. The van der Waals surface area contributed by atoms with E-state index in [-0.39, 0.29) is 23.8 Å². The van der Waals surface area contributed by atoms with Crippen molar-refractivity contribution >= 4 is 11.9 Å². The van der Waals surface area contributed by atoms with Crippen LogP contribution in [0.1, 0.15) is 37.8 Å². The molecular weight excluding hydrogens is 285 g/mol. The Morgan fingerprint density at radius 1 is 1.68 bits per heavy atom. The number of rotatable bonds is 4. The second-order valence-corrected chi connectivity index (χ2v) is 5.36. The van der Waals surface area contributed by atoms with E-state index in [4.69, 9.17) is 10.7 Å². The summed E-state index contributed by atoms with van der Waals surface area (Å²) >= 11 is 0. The number of urea groups is 1. The van der Waals surface area contributed by atoms with Gasteiger partial charge in [-0.2, -0.15) is 5.26 Å². The molecule has 2 atom stereocenters. The first-order valence-electron chi connectivity index (χ1n) is 7.17. The molecule has 1 aromatic rings. The van der Waals surface area contributed by atoms with Gasteiger partial charge in [0.1, 0.15) is 11.7 Å². The van der Waals surface area contributed by atoms with Crippen molar-refractivity contribution in [3.05, 3.63) is 29.8 Å². The first-order valence-corrected chi connectivity index (χ1v) is 7.17. The van der Waals surface area contributed by atoms with Crippen molar-refractivity contribution in [2.75, 3.05) is 6.54 Å². The SMILES string of the molecule is CC(C#N)CCNC(=O)N1C(=N)CCC1c1cncc(F)c1. The molecule has 1 aliphatic heterocycles. The second kappa shape index (κ2) is 6.98. The fraction of sp³-hybridized carbons (Fsp3) is 0.467. The quantitative estimate of drug-likeness (QED) is 0.895. The summed E-state index contributed by atoms with van der Waals surface area (Å²) in [6, 6.07) is 2.68. The summed E-state index contributed by atoms with van der Waals surface area (Å²) in [4.78, 5) is 17.4. The normalized spacial score (nSPS) is 18.9. The molecule has 0 saturated carbocycles. The van der Waals surface area contributed by atoms with Crippen LogP contribution in [0.25, 0.3) is 0 Å². The maximum Gasteiger partial charge on any atom is 0.323 e. The lowest BCUT2D eigenvalue weighted by Gasteiger charge is -2.25. The smallest absolute Gasteiger partial charge is 0.323 e. The summed E-state index contributed by atoms with van der Waals surface area (Å²) < 4.78 is 13.3.